The maximum Gasteiger partial charge on any atom is 0.0294 e. The van der Waals surface area contributed by atoms with Crippen LogP contribution in [-0.2, 0) is 0 Å². The van der Waals surface area contributed by atoms with Crippen molar-refractivity contribution in [2.45, 2.75) is 45.7 Å². The molecule has 0 aromatic heterocycles. The molecule has 1 aromatic rings. The second kappa shape index (κ2) is 6.35. The van der Waals surface area contributed by atoms with Gasteiger partial charge in [-0.2, -0.15) is 0 Å². The monoisotopic (exact) mass is 246 g/mol. The number of piperidine rings is 1. The van der Waals surface area contributed by atoms with Gasteiger partial charge in [0.2, 0.25) is 0 Å². The van der Waals surface area contributed by atoms with Crippen LogP contribution < -0.4 is 5.32 Å². The highest BCUT2D eigenvalue weighted by Gasteiger charge is 2.19. The smallest absolute Gasteiger partial charge is 0.0294 e. The van der Waals surface area contributed by atoms with Gasteiger partial charge in [0.1, 0.15) is 0 Å². The Labute approximate surface area is 111 Å². The maximum absolute atomic E-state index is 3.77. The molecule has 1 atom stereocenters. The molecular formula is C16H26N2. The molecule has 2 nitrogen and oxygen atoms in total. The lowest BCUT2D eigenvalue weighted by Gasteiger charge is -2.33. The molecule has 1 aliphatic heterocycles. The molecule has 100 valence electrons. The van der Waals surface area contributed by atoms with Crippen LogP contribution >= 0.6 is 0 Å². The number of likely N-dealkylation sites (tertiary alicyclic amines) is 1. The van der Waals surface area contributed by atoms with Crippen molar-refractivity contribution in [3.8, 4) is 0 Å². The molecule has 0 saturated carbocycles. The van der Waals surface area contributed by atoms with Crippen LogP contribution in [0.15, 0.2) is 24.3 Å². The Hall–Kier alpha value is -0.860. The Kier molecular flexibility index (Phi) is 4.79. The summed E-state index contributed by atoms with van der Waals surface area (Å²) in [5.74, 6) is 0. The van der Waals surface area contributed by atoms with Crippen molar-refractivity contribution in [1.82, 2.24) is 10.2 Å². The summed E-state index contributed by atoms with van der Waals surface area (Å²) in [6.07, 6.45) is 2.56. The van der Waals surface area contributed by atoms with Crippen molar-refractivity contribution in [2.75, 3.05) is 19.6 Å². The lowest BCUT2D eigenvalue weighted by atomic mass is 10.0. The first-order valence-corrected chi connectivity index (χ1v) is 7.24. The number of hydrogen-bond acceptors (Lipinski definition) is 2. The van der Waals surface area contributed by atoms with Crippen LogP contribution in [0.1, 0.15) is 43.9 Å². The topological polar surface area (TPSA) is 15.3 Å². The summed E-state index contributed by atoms with van der Waals surface area (Å²) >= 11 is 0. The Morgan fingerprint density at radius 3 is 2.39 bits per heavy atom. The molecule has 0 aliphatic carbocycles. The van der Waals surface area contributed by atoms with Gasteiger partial charge in [0.15, 0.2) is 0 Å². The molecule has 2 rings (SSSR count). The number of aryl methyl sites for hydroxylation is 1. The first-order valence-electron chi connectivity index (χ1n) is 7.24. The van der Waals surface area contributed by atoms with Gasteiger partial charge in [-0.3, -0.25) is 0 Å². The summed E-state index contributed by atoms with van der Waals surface area (Å²) < 4.78 is 0. The Balaban J connectivity index is 1.84. The van der Waals surface area contributed by atoms with Crippen LogP contribution in [0.5, 0.6) is 0 Å². The van der Waals surface area contributed by atoms with Crippen LogP contribution in [0.3, 0.4) is 0 Å². The predicted molar refractivity (Wildman–Crippen MR) is 77.9 cm³/mol. The van der Waals surface area contributed by atoms with E-state index in [1.165, 1.54) is 43.6 Å². The van der Waals surface area contributed by atoms with Crippen LogP contribution in [0, 0.1) is 6.92 Å². The fourth-order valence-electron chi connectivity index (χ4n) is 2.72. The largest absolute Gasteiger partial charge is 0.307 e. The molecule has 1 aliphatic rings. The van der Waals surface area contributed by atoms with E-state index in [2.05, 4.69) is 55.3 Å². The zero-order chi connectivity index (χ0) is 13.0. The van der Waals surface area contributed by atoms with E-state index in [1.807, 2.05) is 0 Å². The van der Waals surface area contributed by atoms with Crippen molar-refractivity contribution in [3.05, 3.63) is 35.4 Å². The molecule has 1 N–H and O–H groups in total. The molecule has 18 heavy (non-hydrogen) atoms. The zero-order valence-corrected chi connectivity index (χ0v) is 11.9. The van der Waals surface area contributed by atoms with Crippen molar-refractivity contribution in [1.29, 1.82) is 0 Å². The highest BCUT2D eigenvalue weighted by molar-refractivity contribution is 5.23. The van der Waals surface area contributed by atoms with Gasteiger partial charge in [-0.15, -0.1) is 0 Å². The number of nitrogens with one attached hydrogen (secondary N) is 1. The Morgan fingerprint density at radius 2 is 1.83 bits per heavy atom. The van der Waals surface area contributed by atoms with Gasteiger partial charge in [0, 0.05) is 12.1 Å². The number of nitrogens with zero attached hydrogens (tertiary/aromatic N) is 1. The van der Waals surface area contributed by atoms with E-state index in [0.29, 0.717) is 12.1 Å². The molecule has 0 amide bonds. The van der Waals surface area contributed by atoms with Gasteiger partial charge in [0.05, 0.1) is 0 Å². The molecule has 1 unspecified atom stereocenters. The van der Waals surface area contributed by atoms with E-state index >= 15 is 0 Å². The van der Waals surface area contributed by atoms with Crippen LogP contribution in [0.25, 0.3) is 0 Å². The summed E-state index contributed by atoms with van der Waals surface area (Å²) in [7, 11) is 0. The summed E-state index contributed by atoms with van der Waals surface area (Å²) in [5, 5.41) is 3.77. The predicted octanol–water partition coefficient (Wildman–Crippen LogP) is 3.13. The molecule has 1 saturated heterocycles. The molecule has 1 fully saturated rings. The fourth-order valence-corrected chi connectivity index (χ4v) is 2.72. The second-order valence-corrected chi connectivity index (χ2v) is 5.51. The standard InChI is InChI=1S/C16H26N2/c1-4-18-11-9-16(10-12-18)17-14(3)15-7-5-13(2)6-8-15/h5-8,14,16-17H,4,9-12H2,1-3H3. The molecule has 0 radical (unpaired) electrons. The van der Waals surface area contributed by atoms with Gasteiger partial charge in [-0.25, -0.2) is 0 Å². The average molecular weight is 246 g/mol. The third kappa shape index (κ3) is 3.56. The summed E-state index contributed by atoms with van der Waals surface area (Å²) in [6, 6.07) is 10.0. The molecule has 0 spiro atoms. The maximum atomic E-state index is 3.77. The van der Waals surface area contributed by atoms with Gasteiger partial charge in [-0.1, -0.05) is 36.8 Å². The van der Waals surface area contributed by atoms with Crippen LogP contribution in [0.2, 0.25) is 0 Å². The van der Waals surface area contributed by atoms with Crippen molar-refractivity contribution < 1.29 is 0 Å². The summed E-state index contributed by atoms with van der Waals surface area (Å²) in [6.45, 7) is 10.4. The van der Waals surface area contributed by atoms with Gasteiger partial charge >= 0.3 is 0 Å². The van der Waals surface area contributed by atoms with E-state index in [1.54, 1.807) is 0 Å². The zero-order valence-electron chi connectivity index (χ0n) is 11.9. The third-order valence-corrected chi connectivity index (χ3v) is 4.10. The average Bonchev–Trinajstić information content (AvgIpc) is 2.40. The molecule has 1 heterocycles. The highest BCUT2D eigenvalue weighted by Crippen LogP contribution is 2.17. The molecule has 0 bridgehead atoms. The van der Waals surface area contributed by atoms with E-state index in [9.17, 15) is 0 Å². The first kappa shape index (κ1) is 13.6. The lowest BCUT2D eigenvalue weighted by Crippen LogP contribution is -2.43. The lowest BCUT2D eigenvalue weighted by molar-refractivity contribution is 0.200. The number of hydrogen-bond donors (Lipinski definition) is 1. The molecular weight excluding hydrogens is 220 g/mol. The minimum atomic E-state index is 0.462. The van der Waals surface area contributed by atoms with E-state index in [0.717, 1.165) is 0 Å². The van der Waals surface area contributed by atoms with E-state index < -0.39 is 0 Å². The second-order valence-electron chi connectivity index (χ2n) is 5.51. The molecule has 1 aromatic carbocycles. The van der Waals surface area contributed by atoms with Gasteiger partial charge in [0.25, 0.3) is 0 Å². The van der Waals surface area contributed by atoms with Crippen LogP contribution in [0.4, 0.5) is 0 Å². The quantitative estimate of drug-likeness (QED) is 0.878. The van der Waals surface area contributed by atoms with E-state index in [4.69, 9.17) is 0 Å². The van der Waals surface area contributed by atoms with Gasteiger partial charge < -0.3 is 10.2 Å². The Bertz CT molecular complexity index is 350. The van der Waals surface area contributed by atoms with Gasteiger partial charge in [-0.05, 0) is 51.9 Å². The number of rotatable bonds is 4. The van der Waals surface area contributed by atoms with E-state index in [-0.39, 0.29) is 0 Å². The third-order valence-electron chi connectivity index (χ3n) is 4.10. The van der Waals surface area contributed by atoms with Crippen LogP contribution in [-0.4, -0.2) is 30.6 Å². The minimum Gasteiger partial charge on any atom is -0.307 e. The highest BCUT2D eigenvalue weighted by atomic mass is 15.1. The SMILES string of the molecule is CCN1CCC(NC(C)c2ccc(C)cc2)CC1. The van der Waals surface area contributed by atoms with Crippen molar-refractivity contribution >= 4 is 0 Å². The summed E-state index contributed by atoms with van der Waals surface area (Å²) in [5.41, 5.74) is 2.74. The molecule has 2 heteroatoms. The Morgan fingerprint density at radius 1 is 1.22 bits per heavy atom. The van der Waals surface area contributed by atoms with Crippen molar-refractivity contribution in [2.24, 2.45) is 0 Å². The minimum absolute atomic E-state index is 0.462. The van der Waals surface area contributed by atoms with Crippen molar-refractivity contribution in [3.63, 3.8) is 0 Å². The fraction of sp³-hybridized carbons (Fsp3) is 0.625. The summed E-state index contributed by atoms with van der Waals surface area (Å²) in [4.78, 5) is 2.54. The normalized spacial score (nSPS) is 19.9. The first-order chi connectivity index (χ1) is 8.69. The number of benzene rings is 1.